The highest BCUT2D eigenvalue weighted by atomic mass is 16.4. The van der Waals surface area contributed by atoms with Crippen molar-refractivity contribution < 1.29 is 24.6 Å². The van der Waals surface area contributed by atoms with Crippen LogP contribution in [-0.4, -0.2) is 44.5 Å². The molecule has 0 bridgehead atoms. The molecule has 1 saturated carbocycles. The number of carboxylic acids is 1. The lowest BCUT2D eigenvalue weighted by atomic mass is 9.80. The molecule has 1 aromatic carbocycles. The molecule has 0 spiro atoms. The van der Waals surface area contributed by atoms with E-state index in [2.05, 4.69) is 5.32 Å². The lowest BCUT2D eigenvalue weighted by Gasteiger charge is -2.33. The van der Waals surface area contributed by atoms with Gasteiger partial charge in [0, 0.05) is 12.1 Å². The van der Waals surface area contributed by atoms with Crippen molar-refractivity contribution in [2.75, 3.05) is 0 Å². The summed E-state index contributed by atoms with van der Waals surface area (Å²) in [4.78, 5) is 40.4. The molecule has 3 fully saturated rings. The number of imide groups is 1. The van der Waals surface area contributed by atoms with Gasteiger partial charge < -0.3 is 10.2 Å². The van der Waals surface area contributed by atoms with E-state index in [-0.39, 0.29) is 23.6 Å². The Morgan fingerprint density at radius 2 is 1.69 bits per heavy atom. The van der Waals surface area contributed by atoms with E-state index in [1.165, 1.54) is 11.8 Å². The van der Waals surface area contributed by atoms with Gasteiger partial charge in [-0.15, -0.1) is 0 Å². The Kier molecular flexibility index (Phi) is 4.69. The van der Waals surface area contributed by atoms with Crippen LogP contribution >= 0.6 is 0 Å². The monoisotopic (exact) mass is 400 g/mol. The summed E-state index contributed by atoms with van der Waals surface area (Å²) in [5.41, 5.74) is 0.515. The van der Waals surface area contributed by atoms with E-state index >= 15 is 0 Å². The van der Waals surface area contributed by atoms with Crippen LogP contribution in [0.3, 0.4) is 0 Å². The highest BCUT2D eigenvalue weighted by Gasteiger charge is 2.67. The third-order valence-electron chi connectivity index (χ3n) is 7.08. The molecular weight excluding hydrogens is 372 g/mol. The van der Waals surface area contributed by atoms with Crippen LogP contribution in [0.5, 0.6) is 5.75 Å². The number of hydrogen-bond donors (Lipinski definition) is 3. The van der Waals surface area contributed by atoms with Gasteiger partial charge in [-0.3, -0.25) is 24.6 Å². The normalized spacial score (nSPS) is 32.7. The molecular formula is C22H28N2O5. The molecule has 29 heavy (non-hydrogen) atoms. The van der Waals surface area contributed by atoms with Crippen molar-refractivity contribution in [3.63, 3.8) is 0 Å². The number of aromatic hydroxyl groups is 1. The average Bonchev–Trinajstić information content (AvgIpc) is 3.14. The van der Waals surface area contributed by atoms with Gasteiger partial charge in [-0.05, 0) is 50.3 Å². The van der Waals surface area contributed by atoms with E-state index < -0.39 is 29.4 Å². The second-order valence-corrected chi connectivity index (χ2v) is 8.97. The number of carboxylic acid groups (broad SMARTS) is 1. The van der Waals surface area contributed by atoms with Crippen molar-refractivity contribution in [3.8, 4) is 5.75 Å². The molecule has 156 valence electrons. The summed E-state index contributed by atoms with van der Waals surface area (Å²) < 4.78 is 0. The molecule has 7 nitrogen and oxygen atoms in total. The molecule has 2 heterocycles. The van der Waals surface area contributed by atoms with Gasteiger partial charge in [-0.1, -0.05) is 31.4 Å². The van der Waals surface area contributed by atoms with Gasteiger partial charge in [0.15, 0.2) is 0 Å². The Morgan fingerprint density at radius 1 is 1.10 bits per heavy atom. The zero-order valence-electron chi connectivity index (χ0n) is 17.1. The van der Waals surface area contributed by atoms with Gasteiger partial charge in [-0.25, -0.2) is 0 Å². The van der Waals surface area contributed by atoms with E-state index in [0.29, 0.717) is 11.1 Å². The number of carbonyl (C=O) groups excluding carboxylic acids is 2. The van der Waals surface area contributed by atoms with Crippen LogP contribution in [0.4, 0.5) is 0 Å². The molecule has 4 rings (SSSR count). The first kappa shape index (κ1) is 19.9. The molecule has 2 aliphatic heterocycles. The first-order valence-corrected chi connectivity index (χ1v) is 10.3. The smallest absolute Gasteiger partial charge is 0.324 e. The highest BCUT2D eigenvalue weighted by molar-refractivity contribution is 6.09. The van der Waals surface area contributed by atoms with Gasteiger partial charge in [0.1, 0.15) is 11.3 Å². The standard InChI is InChI=1S/C22H28N2O5/c1-11-9-13(10-12(2)18(11)25)17-15-16(22(3,23-17)21(28)29)20(27)24(19(15)26)14-7-5-4-6-8-14/h9-10,14-17,23,25H,4-8H2,1-3H3,(H,28,29). The zero-order chi connectivity index (χ0) is 21.1. The number of fused-ring (bicyclic) bond motifs is 1. The number of aryl methyl sites for hydroxylation is 2. The maximum Gasteiger partial charge on any atom is 0.324 e. The van der Waals surface area contributed by atoms with Gasteiger partial charge in [-0.2, -0.15) is 0 Å². The van der Waals surface area contributed by atoms with Crippen molar-refractivity contribution >= 4 is 17.8 Å². The number of hydrogen-bond acceptors (Lipinski definition) is 5. The minimum Gasteiger partial charge on any atom is -0.507 e. The Hall–Kier alpha value is -2.41. The third-order valence-corrected chi connectivity index (χ3v) is 7.08. The summed E-state index contributed by atoms with van der Waals surface area (Å²) in [5, 5.41) is 23.2. The number of phenols is 1. The number of phenolic OH excluding ortho intramolecular Hbond substituents is 1. The molecule has 4 unspecified atom stereocenters. The summed E-state index contributed by atoms with van der Waals surface area (Å²) in [5.74, 6) is -3.27. The number of nitrogens with one attached hydrogen (secondary N) is 1. The summed E-state index contributed by atoms with van der Waals surface area (Å²) in [7, 11) is 0. The van der Waals surface area contributed by atoms with Crippen LogP contribution in [0.15, 0.2) is 12.1 Å². The Bertz CT molecular complexity index is 868. The molecule has 2 saturated heterocycles. The van der Waals surface area contributed by atoms with Crippen LogP contribution in [0.1, 0.15) is 61.8 Å². The molecule has 7 heteroatoms. The van der Waals surface area contributed by atoms with Gasteiger partial charge >= 0.3 is 5.97 Å². The number of rotatable bonds is 3. The Balaban J connectivity index is 1.78. The second-order valence-electron chi connectivity index (χ2n) is 8.97. The maximum atomic E-state index is 13.5. The number of nitrogens with zero attached hydrogens (tertiary/aromatic N) is 1. The van der Waals surface area contributed by atoms with Crippen LogP contribution in [0, 0.1) is 25.7 Å². The number of carbonyl (C=O) groups is 3. The predicted octanol–water partition coefficient (Wildman–Crippen LogP) is 2.43. The zero-order valence-corrected chi connectivity index (χ0v) is 17.1. The molecule has 2 amide bonds. The largest absolute Gasteiger partial charge is 0.507 e. The van der Waals surface area contributed by atoms with Crippen molar-refractivity contribution in [1.82, 2.24) is 10.2 Å². The van der Waals surface area contributed by atoms with Crippen molar-refractivity contribution in [3.05, 3.63) is 28.8 Å². The summed E-state index contributed by atoms with van der Waals surface area (Å²) in [6.45, 7) is 5.04. The third kappa shape index (κ3) is 2.86. The minimum absolute atomic E-state index is 0.128. The molecule has 3 aliphatic rings. The first-order chi connectivity index (χ1) is 13.7. The quantitative estimate of drug-likeness (QED) is 0.673. The molecule has 4 atom stereocenters. The molecule has 3 N–H and O–H groups in total. The van der Waals surface area contributed by atoms with Gasteiger partial charge in [0.25, 0.3) is 0 Å². The molecule has 0 aromatic heterocycles. The fraction of sp³-hybridized carbons (Fsp3) is 0.591. The number of aliphatic carboxylic acids is 1. The van der Waals surface area contributed by atoms with Crippen molar-refractivity contribution in [2.45, 2.75) is 70.5 Å². The molecule has 1 aromatic rings. The summed E-state index contributed by atoms with van der Waals surface area (Å²) in [6, 6.07) is 2.82. The van der Waals surface area contributed by atoms with Gasteiger partial charge in [0.05, 0.1) is 11.8 Å². The highest BCUT2D eigenvalue weighted by Crippen LogP contribution is 2.50. The molecule has 0 radical (unpaired) electrons. The lowest BCUT2D eigenvalue weighted by Crippen LogP contribution is -2.54. The van der Waals surface area contributed by atoms with Crippen molar-refractivity contribution in [2.24, 2.45) is 11.8 Å². The maximum absolute atomic E-state index is 13.5. The fourth-order valence-electron chi connectivity index (χ4n) is 5.51. The Morgan fingerprint density at radius 3 is 2.24 bits per heavy atom. The van der Waals surface area contributed by atoms with Crippen LogP contribution in [0.2, 0.25) is 0 Å². The number of likely N-dealkylation sites (tertiary alicyclic amines) is 1. The van der Waals surface area contributed by atoms with E-state index in [4.69, 9.17) is 0 Å². The Labute approximate surface area is 170 Å². The molecule has 1 aliphatic carbocycles. The van der Waals surface area contributed by atoms with Crippen LogP contribution < -0.4 is 5.32 Å². The van der Waals surface area contributed by atoms with E-state index in [1.807, 2.05) is 0 Å². The summed E-state index contributed by atoms with van der Waals surface area (Å²) >= 11 is 0. The fourth-order valence-corrected chi connectivity index (χ4v) is 5.51. The minimum atomic E-state index is -1.52. The van der Waals surface area contributed by atoms with Crippen molar-refractivity contribution in [1.29, 1.82) is 0 Å². The average molecular weight is 400 g/mol. The SMILES string of the molecule is Cc1cc(C2NC(C)(C(=O)O)C3C(=O)N(C4CCCCC4)C(=O)C23)cc(C)c1O. The van der Waals surface area contributed by atoms with Gasteiger partial charge in [0.2, 0.25) is 11.8 Å². The second kappa shape index (κ2) is 6.83. The van der Waals surface area contributed by atoms with Crippen LogP contribution in [0.25, 0.3) is 0 Å². The number of amides is 2. The first-order valence-electron chi connectivity index (χ1n) is 10.3. The van der Waals surface area contributed by atoms with E-state index in [9.17, 15) is 24.6 Å². The van der Waals surface area contributed by atoms with Crippen LogP contribution in [-0.2, 0) is 14.4 Å². The summed E-state index contributed by atoms with van der Waals surface area (Å²) in [6.07, 6.45) is 4.63. The van der Waals surface area contributed by atoms with E-state index in [0.717, 1.165) is 37.7 Å². The topological polar surface area (TPSA) is 107 Å². The number of benzene rings is 1. The van der Waals surface area contributed by atoms with E-state index in [1.54, 1.807) is 26.0 Å². The lowest BCUT2D eigenvalue weighted by molar-refractivity contribution is -0.151. The predicted molar refractivity (Wildman–Crippen MR) is 105 cm³/mol.